The summed E-state index contributed by atoms with van der Waals surface area (Å²) in [5.41, 5.74) is 7.51. The summed E-state index contributed by atoms with van der Waals surface area (Å²) in [6.07, 6.45) is -1.75. The van der Waals surface area contributed by atoms with Crippen LogP contribution >= 0.6 is 11.6 Å². The highest BCUT2D eigenvalue weighted by atomic mass is 35.5. The second kappa shape index (κ2) is 9.66. The minimum Gasteiger partial charge on any atom is -0.478 e. The van der Waals surface area contributed by atoms with Gasteiger partial charge in [-0.1, -0.05) is 23.4 Å². The Morgan fingerprint density at radius 1 is 1.23 bits per heavy atom. The molecule has 10 heteroatoms. The van der Waals surface area contributed by atoms with Crippen LogP contribution in [0.2, 0.25) is 5.15 Å². The zero-order valence-electron chi connectivity index (χ0n) is 17.6. The molecule has 1 fully saturated rings. The van der Waals surface area contributed by atoms with Crippen LogP contribution in [-0.2, 0) is 0 Å². The Kier molecular flexibility index (Phi) is 7.18. The molecule has 2 heterocycles. The Bertz CT molecular complexity index is 1010. The molecule has 31 heavy (non-hydrogen) atoms. The van der Waals surface area contributed by atoms with Gasteiger partial charge in [-0.15, -0.1) is 0 Å². The van der Waals surface area contributed by atoms with E-state index in [1.54, 1.807) is 24.1 Å². The molecule has 5 N–H and O–H groups in total. The van der Waals surface area contributed by atoms with Crippen LogP contribution in [0.15, 0.2) is 12.1 Å². The second-order valence-electron chi connectivity index (χ2n) is 7.37. The van der Waals surface area contributed by atoms with E-state index in [4.69, 9.17) is 22.1 Å². The van der Waals surface area contributed by atoms with Gasteiger partial charge >= 0.3 is 0 Å². The lowest BCUT2D eigenvalue weighted by atomic mass is 10.1. The largest absolute Gasteiger partial charge is 0.478 e. The molecule has 0 saturated heterocycles. The normalized spacial score (nSPS) is 22.7. The van der Waals surface area contributed by atoms with Crippen LogP contribution < -0.4 is 15.4 Å². The molecule has 166 valence electrons. The summed E-state index contributed by atoms with van der Waals surface area (Å²) < 4.78 is 5.40. The molecule has 1 saturated carbocycles. The highest BCUT2D eigenvalue weighted by molar-refractivity contribution is 6.31. The Labute approximate surface area is 185 Å². The Morgan fingerprint density at radius 2 is 1.97 bits per heavy atom. The van der Waals surface area contributed by atoms with Gasteiger partial charge in [0.1, 0.15) is 11.7 Å². The summed E-state index contributed by atoms with van der Waals surface area (Å²) in [6.45, 7) is 4.00. The number of aromatic nitrogens is 3. The minimum absolute atomic E-state index is 0.0388. The van der Waals surface area contributed by atoms with Crippen molar-refractivity contribution in [2.45, 2.75) is 38.5 Å². The number of nitrogen functional groups attached to an aromatic ring is 1. The van der Waals surface area contributed by atoms with Gasteiger partial charge in [-0.25, -0.2) is 4.98 Å². The van der Waals surface area contributed by atoms with Crippen LogP contribution in [0.25, 0.3) is 0 Å². The lowest BCUT2D eigenvalue weighted by Gasteiger charge is -2.29. The molecule has 0 bridgehead atoms. The Hall–Kier alpha value is -2.64. The fourth-order valence-electron chi connectivity index (χ4n) is 3.65. The van der Waals surface area contributed by atoms with E-state index in [9.17, 15) is 15.3 Å². The molecular formula is C21H26ClN5O4. The van der Waals surface area contributed by atoms with Crippen molar-refractivity contribution in [3.63, 3.8) is 0 Å². The van der Waals surface area contributed by atoms with Gasteiger partial charge in [0.15, 0.2) is 11.0 Å². The molecule has 0 unspecified atom stereocenters. The van der Waals surface area contributed by atoms with Gasteiger partial charge in [-0.05, 0) is 26.3 Å². The summed E-state index contributed by atoms with van der Waals surface area (Å²) in [5.74, 6) is 6.40. The van der Waals surface area contributed by atoms with Gasteiger partial charge in [0, 0.05) is 31.2 Å². The number of nitrogens with two attached hydrogens (primary N) is 1. The van der Waals surface area contributed by atoms with E-state index >= 15 is 0 Å². The predicted octanol–water partition coefficient (Wildman–Crippen LogP) is 0.753. The first-order chi connectivity index (χ1) is 14.8. The van der Waals surface area contributed by atoms with Gasteiger partial charge in [0.2, 0.25) is 11.8 Å². The Morgan fingerprint density at radius 3 is 2.58 bits per heavy atom. The van der Waals surface area contributed by atoms with Crippen LogP contribution in [-0.4, -0.2) is 68.8 Å². The first-order valence-corrected chi connectivity index (χ1v) is 10.3. The number of aryl methyl sites for hydroxylation is 1. The number of likely N-dealkylation sites (N-methyl/N-ethyl adjacent to an activating group) is 1. The quantitative estimate of drug-likeness (QED) is 0.386. The molecule has 4 atom stereocenters. The molecule has 0 amide bonds. The van der Waals surface area contributed by atoms with Crippen LogP contribution in [0, 0.1) is 24.7 Å². The summed E-state index contributed by atoms with van der Waals surface area (Å²) >= 11 is 6.33. The molecule has 0 aliphatic heterocycles. The zero-order valence-corrected chi connectivity index (χ0v) is 18.3. The standard InChI is InChI=1S/C21H26ClN5O4/c1-4-31-16-8-6-12(11(2)24-16)5-7-14-19(22)25-21(23)26-20(14)27(3)15-9-13(10-28)17(29)18(15)30/h6,8,13,15,17-18,28-30H,4,9-10H2,1-3H3,(H2,23,25,26)/t13-,15-,17-,18+/m1/s1. The van der Waals surface area contributed by atoms with Gasteiger partial charge in [-0.2, -0.15) is 9.97 Å². The highest BCUT2D eigenvalue weighted by Crippen LogP contribution is 2.34. The molecule has 3 rings (SSSR count). The van der Waals surface area contributed by atoms with E-state index in [1.165, 1.54) is 0 Å². The van der Waals surface area contributed by atoms with E-state index in [0.29, 0.717) is 41.5 Å². The van der Waals surface area contributed by atoms with E-state index in [1.807, 2.05) is 13.8 Å². The van der Waals surface area contributed by atoms with Crippen LogP contribution in [0.1, 0.15) is 30.2 Å². The topological polar surface area (TPSA) is 138 Å². The third kappa shape index (κ3) is 4.83. The lowest BCUT2D eigenvalue weighted by Crippen LogP contribution is -2.42. The molecule has 1 aliphatic carbocycles. The molecule has 2 aromatic rings. The van der Waals surface area contributed by atoms with E-state index in [-0.39, 0.29) is 17.7 Å². The van der Waals surface area contributed by atoms with Crippen molar-refractivity contribution in [1.29, 1.82) is 0 Å². The van der Waals surface area contributed by atoms with Crippen LogP contribution in [0.4, 0.5) is 11.8 Å². The van der Waals surface area contributed by atoms with E-state index < -0.39 is 24.2 Å². The predicted molar refractivity (Wildman–Crippen MR) is 117 cm³/mol. The molecule has 0 radical (unpaired) electrons. The third-order valence-corrected chi connectivity index (χ3v) is 5.65. The maximum atomic E-state index is 10.5. The fraction of sp³-hybridized carbons (Fsp3) is 0.476. The molecule has 9 nitrogen and oxygen atoms in total. The monoisotopic (exact) mass is 447 g/mol. The molecule has 2 aromatic heterocycles. The smallest absolute Gasteiger partial charge is 0.223 e. The fourth-order valence-corrected chi connectivity index (χ4v) is 3.87. The number of hydrogen-bond acceptors (Lipinski definition) is 9. The second-order valence-corrected chi connectivity index (χ2v) is 7.73. The number of pyridine rings is 1. The van der Waals surface area contributed by atoms with E-state index in [2.05, 4.69) is 26.8 Å². The van der Waals surface area contributed by atoms with Crippen LogP contribution in [0.3, 0.4) is 0 Å². The van der Waals surface area contributed by atoms with E-state index in [0.717, 1.165) is 0 Å². The van der Waals surface area contributed by atoms with Crippen LogP contribution in [0.5, 0.6) is 5.88 Å². The Balaban J connectivity index is 1.98. The maximum Gasteiger partial charge on any atom is 0.223 e. The molecule has 0 aromatic carbocycles. The SMILES string of the molecule is CCOc1ccc(C#Cc2c(Cl)nc(N)nc2N(C)[C@@H]2C[C@H](CO)[C@@H](O)[C@H]2O)c(C)n1. The third-order valence-electron chi connectivity index (χ3n) is 5.38. The summed E-state index contributed by atoms with van der Waals surface area (Å²) in [7, 11) is 1.70. The van der Waals surface area contributed by atoms with Crippen molar-refractivity contribution in [3.8, 4) is 17.7 Å². The zero-order chi connectivity index (χ0) is 22.7. The van der Waals surface area contributed by atoms with Gasteiger partial charge in [-0.3, -0.25) is 0 Å². The van der Waals surface area contributed by atoms with Crippen molar-refractivity contribution < 1.29 is 20.1 Å². The highest BCUT2D eigenvalue weighted by Gasteiger charge is 2.43. The number of aliphatic hydroxyl groups excluding tert-OH is 3. The van der Waals surface area contributed by atoms with Crippen molar-refractivity contribution in [2.75, 3.05) is 30.9 Å². The van der Waals surface area contributed by atoms with Gasteiger partial charge in [0.05, 0.1) is 24.4 Å². The number of nitrogens with zero attached hydrogens (tertiary/aromatic N) is 4. The minimum atomic E-state index is -1.07. The number of ether oxygens (including phenoxy) is 1. The summed E-state index contributed by atoms with van der Waals surface area (Å²) in [4.78, 5) is 14.3. The van der Waals surface area contributed by atoms with Gasteiger partial charge < -0.3 is 30.7 Å². The number of rotatable bonds is 5. The number of halogens is 1. The first kappa shape index (κ1) is 23.0. The van der Waals surface area contributed by atoms with Crippen molar-refractivity contribution in [1.82, 2.24) is 15.0 Å². The number of anilines is 2. The number of hydrogen-bond donors (Lipinski definition) is 4. The first-order valence-electron chi connectivity index (χ1n) is 9.92. The molecular weight excluding hydrogens is 422 g/mol. The summed E-state index contributed by atoms with van der Waals surface area (Å²) in [5, 5.41) is 30.2. The van der Waals surface area contributed by atoms with Crippen molar-refractivity contribution in [3.05, 3.63) is 34.1 Å². The lowest BCUT2D eigenvalue weighted by molar-refractivity contribution is 0.00260. The average molecular weight is 448 g/mol. The van der Waals surface area contributed by atoms with Gasteiger partial charge in [0.25, 0.3) is 0 Å². The molecule has 1 aliphatic rings. The van der Waals surface area contributed by atoms with Crippen molar-refractivity contribution >= 4 is 23.4 Å². The number of aliphatic hydroxyl groups is 3. The maximum absolute atomic E-state index is 10.5. The summed E-state index contributed by atoms with van der Waals surface area (Å²) in [6, 6.07) is 3.03. The van der Waals surface area contributed by atoms with Crippen molar-refractivity contribution in [2.24, 2.45) is 5.92 Å². The average Bonchev–Trinajstić information content (AvgIpc) is 3.02. The molecule has 0 spiro atoms.